The summed E-state index contributed by atoms with van der Waals surface area (Å²) in [6.07, 6.45) is 6.98. The molecule has 0 aliphatic heterocycles. The third-order valence-electron chi connectivity index (χ3n) is 3.72. The molecule has 0 saturated heterocycles. The van der Waals surface area contributed by atoms with E-state index in [1.165, 1.54) is 11.1 Å². The van der Waals surface area contributed by atoms with E-state index < -0.39 is 0 Å². The van der Waals surface area contributed by atoms with E-state index in [2.05, 4.69) is 56.3 Å². The minimum Gasteiger partial charge on any atom is -0.0863 e. The Bertz CT molecular complexity index is 451. The number of hydrogen-bond acceptors (Lipinski definition) is 0. The van der Waals surface area contributed by atoms with Gasteiger partial charge in [-0.2, -0.15) is 0 Å². The van der Waals surface area contributed by atoms with Crippen molar-refractivity contribution in [3.63, 3.8) is 0 Å². The molecule has 0 amide bonds. The number of allylic oxidation sites excluding steroid dienone is 4. The molecule has 2 aliphatic carbocycles. The van der Waals surface area contributed by atoms with Crippen LogP contribution in [-0.4, -0.2) is 0 Å². The Labute approximate surface area is 85.0 Å². The fourth-order valence-electron chi connectivity index (χ4n) is 3.05. The van der Waals surface area contributed by atoms with Crippen LogP contribution in [0.3, 0.4) is 0 Å². The van der Waals surface area contributed by atoms with Crippen molar-refractivity contribution in [2.45, 2.75) is 25.2 Å². The van der Waals surface area contributed by atoms with Crippen molar-refractivity contribution in [2.24, 2.45) is 0 Å². The maximum Gasteiger partial charge on any atom is 0.0325 e. The lowest BCUT2D eigenvalue weighted by molar-refractivity contribution is 0.743. The zero-order chi connectivity index (χ0) is 9.76. The summed E-state index contributed by atoms with van der Waals surface area (Å²) in [7, 11) is 0. The van der Waals surface area contributed by atoms with Crippen LogP contribution in [0.2, 0.25) is 0 Å². The smallest absolute Gasteiger partial charge is 0.0325 e. The molecule has 0 radical (unpaired) electrons. The molecule has 2 atom stereocenters. The highest BCUT2D eigenvalue weighted by Gasteiger charge is 2.45. The first-order valence-corrected chi connectivity index (χ1v) is 5.23. The molecule has 0 aromatic heterocycles. The fourth-order valence-corrected chi connectivity index (χ4v) is 3.05. The van der Waals surface area contributed by atoms with E-state index in [0.717, 1.165) is 0 Å². The van der Waals surface area contributed by atoms with Gasteiger partial charge in [0.1, 0.15) is 0 Å². The molecule has 0 nitrogen and oxygen atoms in total. The minimum atomic E-state index is 0.190. The second-order valence-electron chi connectivity index (χ2n) is 4.37. The number of rotatable bonds is 0. The molecule has 2 bridgehead atoms. The van der Waals surface area contributed by atoms with Crippen molar-refractivity contribution < 1.29 is 0 Å². The summed E-state index contributed by atoms with van der Waals surface area (Å²) in [5.41, 5.74) is 4.75. The topological polar surface area (TPSA) is 0 Å². The molecular weight excluding hydrogens is 168 g/mol. The van der Waals surface area contributed by atoms with Crippen LogP contribution in [0.25, 0.3) is 0 Å². The van der Waals surface area contributed by atoms with Crippen molar-refractivity contribution >= 4 is 0 Å². The first kappa shape index (κ1) is 8.05. The van der Waals surface area contributed by atoms with Crippen molar-refractivity contribution in [2.75, 3.05) is 0 Å². The van der Waals surface area contributed by atoms with Gasteiger partial charge in [0.25, 0.3) is 0 Å². The number of fused-ring (bicyclic) bond motifs is 5. The summed E-state index contributed by atoms with van der Waals surface area (Å²) in [4.78, 5) is 0. The quantitative estimate of drug-likeness (QED) is 0.538. The summed E-state index contributed by atoms with van der Waals surface area (Å²) in [5.74, 6) is 0.557. The summed E-state index contributed by atoms with van der Waals surface area (Å²) < 4.78 is 0. The van der Waals surface area contributed by atoms with Gasteiger partial charge in [-0.25, -0.2) is 0 Å². The third kappa shape index (κ3) is 0.708. The van der Waals surface area contributed by atoms with Crippen LogP contribution in [0.1, 0.15) is 30.9 Å². The highest BCUT2D eigenvalue weighted by Crippen LogP contribution is 2.56. The zero-order valence-electron chi connectivity index (χ0n) is 8.62. The molecule has 2 unspecified atom stereocenters. The molecule has 0 spiro atoms. The van der Waals surface area contributed by atoms with E-state index in [9.17, 15) is 0 Å². The second kappa shape index (κ2) is 2.38. The molecule has 1 aromatic carbocycles. The standard InChI is InChI=1S/C14H14/c1-3-12-11-8-9-14(12,2)13-7-5-4-6-10(11)13/h3-9,11H,1-2H3. The summed E-state index contributed by atoms with van der Waals surface area (Å²) >= 11 is 0. The number of benzene rings is 1. The van der Waals surface area contributed by atoms with Gasteiger partial charge in [0.15, 0.2) is 0 Å². The van der Waals surface area contributed by atoms with Gasteiger partial charge >= 0.3 is 0 Å². The predicted molar refractivity (Wildman–Crippen MR) is 59.4 cm³/mol. The monoisotopic (exact) mass is 182 g/mol. The molecule has 1 aromatic rings. The third-order valence-corrected chi connectivity index (χ3v) is 3.72. The van der Waals surface area contributed by atoms with Crippen LogP contribution < -0.4 is 0 Å². The lowest BCUT2D eigenvalue weighted by Crippen LogP contribution is -2.14. The van der Waals surface area contributed by atoms with E-state index in [-0.39, 0.29) is 5.41 Å². The van der Waals surface area contributed by atoms with Crippen LogP contribution >= 0.6 is 0 Å². The van der Waals surface area contributed by atoms with Crippen LogP contribution in [0.5, 0.6) is 0 Å². The van der Waals surface area contributed by atoms with Crippen LogP contribution in [0.15, 0.2) is 48.1 Å². The molecular formula is C14H14. The maximum absolute atomic E-state index is 2.36. The van der Waals surface area contributed by atoms with Crippen LogP contribution in [0.4, 0.5) is 0 Å². The lowest BCUT2D eigenvalue weighted by atomic mass is 9.82. The lowest BCUT2D eigenvalue weighted by Gasteiger charge is -2.21. The Kier molecular flexibility index (Phi) is 1.37. The molecule has 3 rings (SSSR count). The SMILES string of the molecule is CC=C1C2C=CC1(C)c1ccccc12. The van der Waals surface area contributed by atoms with E-state index in [1.54, 1.807) is 5.57 Å². The first-order chi connectivity index (χ1) is 6.77. The summed E-state index contributed by atoms with van der Waals surface area (Å²) in [6.45, 7) is 4.48. The minimum absolute atomic E-state index is 0.190. The predicted octanol–water partition coefficient (Wildman–Crippen LogP) is 3.56. The molecule has 0 fully saturated rings. The van der Waals surface area contributed by atoms with Gasteiger partial charge in [-0.1, -0.05) is 42.5 Å². The van der Waals surface area contributed by atoms with Gasteiger partial charge in [-0.15, -0.1) is 0 Å². The highest BCUT2D eigenvalue weighted by molar-refractivity contribution is 5.63. The molecule has 70 valence electrons. The molecule has 0 saturated carbocycles. The normalized spacial score (nSPS) is 35.3. The van der Waals surface area contributed by atoms with Crippen molar-refractivity contribution in [3.05, 3.63) is 59.2 Å². The Balaban J connectivity index is 2.34. The average molecular weight is 182 g/mol. The molecule has 2 aliphatic rings. The molecule has 0 heteroatoms. The Hall–Kier alpha value is -1.30. The summed E-state index contributed by atoms with van der Waals surface area (Å²) in [5, 5.41) is 0. The first-order valence-electron chi connectivity index (χ1n) is 5.23. The number of hydrogen-bond donors (Lipinski definition) is 0. The maximum atomic E-state index is 2.36. The molecule has 0 heterocycles. The van der Waals surface area contributed by atoms with Crippen molar-refractivity contribution in [1.29, 1.82) is 0 Å². The van der Waals surface area contributed by atoms with Gasteiger partial charge in [0.05, 0.1) is 0 Å². The average Bonchev–Trinajstić information content (AvgIpc) is 2.67. The van der Waals surface area contributed by atoms with E-state index >= 15 is 0 Å². The summed E-state index contributed by atoms with van der Waals surface area (Å²) in [6, 6.07) is 8.82. The molecule has 14 heavy (non-hydrogen) atoms. The van der Waals surface area contributed by atoms with Crippen molar-refractivity contribution in [1.82, 2.24) is 0 Å². The van der Waals surface area contributed by atoms with Gasteiger partial charge in [0.2, 0.25) is 0 Å². The zero-order valence-corrected chi connectivity index (χ0v) is 8.62. The van der Waals surface area contributed by atoms with Crippen LogP contribution in [-0.2, 0) is 5.41 Å². The largest absolute Gasteiger partial charge is 0.0863 e. The van der Waals surface area contributed by atoms with Crippen molar-refractivity contribution in [3.8, 4) is 0 Å². The van der Waals surface area contributed by atoms with Gasteiger partial charge in [0, 0.05) is 11.3 Å². The highest BCUT2D eigenvalue weighted by atomic mass is 14.5. The Morgan fingerprint density at radius 2 is 2.07 bits per heavy atom. The second-order valence-corrected chi connectivity index (χ2v) is 4.37. The van der Waals surface area contributed by atoms with E-state index in [0.29, 0.717) is 5.92 Å². The Morgan fingerprint density at radius 1 is 1.29 bits per heavy atom. The van der Waals surface area contributed by atoms with Crippen LogP contribution in [0, 0.1) is 0 Å². The fraction of sp³-hybridized carbons (Fsp3) is 0.286. The Morgan fingerprint density at radius 3 is 2.79 bits per heavy atom. The van der Waals surface area contributed by atoms with Gasteiger partial charge in [-0.05, 0) is 30.5 Å². The van der Waals surface area contributed by atoms with E-state index in [4.69, 9.17) is 0 Å². The molecule has 0 N–H and O–H groups in total. The van der Waals surface area contributed by atoms with E-state index in [1.807, 2.05) is 0 Å². The van der Waals surface area contributed by atoms with Gasteiger partial charge in [-0.3, -0.25) is 0 Å². The van der Waals surface area contributed by atoms with Gasteiger partial charge < -0.3 is 0 Å².